The number of likely N-dealkylation sites (N-methyl/N-ethyl adjacent to an activating group) is 1. The van der Waals surface area contributed by atoms with Crippen LogP contribution in [0.2, 0.25) is 0 Å². The summed E-state index contributed by atoms with van der Waals surface area (Å²) in [5, 5.41) is 3.12. The third-order valence-corrected chi connectivity index (χ3v) is 4.49. The van der Waals surface area contributed by atoms with E-state index in [9.17, 15) is 8.78 Å². The lowest BCUT2D eigenvalue weighted by atomic mass is 9.75. The molecule has 112 valence electrons. The average molecular weight is 354 g/mol. The highest BCUT2D eigenvalue weighted by atomic mass is 79.9. The third-order valence-electron chi connectivity index (χ3n) is 3.88. The lowest BCUT2D eigenvalue weighted by molar-refractivity contribution is 0.356. The summed E-state index contributed by atoms with van der Waals surface area (Å²) in [6.45, 7) is 4.03. The van der Waals surface area contributed by atoms with Gasteiger partial charge in [-0.05, 0) is 40.7 Å². The normalized spacial score (nSPS) is 13.2. The Labute approximate surface area is 132 Å². The molecule has 0 spiro atoms. The van der Waals surface area contributed by atoms with Gasteiger partial charge in [0.15, 0.2) is 0 Å². The van der Waals surface area contributed by atoms with Gasteiger partial charge in [-0.2, -0.15) is 0 Å². The number of rotatable bonds is 4. The van der Waals surface area contributed by atoms with Crippen molar-refractivity contribution in [1.29, 1.82) is 0 Å². The summed E-state index contributed by atoms with van der Waals surface area (Å²) >= 11 is 3.01. The van der Waals surface area contributed by atoms with Gasteiger partial charge in [-0.25, -0.2) is 8.78 Å². The Kier molecular flexibility index (Phi) is 4.79. The Morgan fingerprint density at radius 1 is 1.05 bits per heavy atom. The maximum atomic E-state index is 14.3. The zero-order chi connectivity index (χ0) is 15.6. The van der Waals surface area contributed by atoms with Gasteiger partial charge in [0.25, 0.3) is 0 Å². The lowest BCUT2D eigenvalue weighted by Gasteiger charge is -2.35. The van der Waals surface area contributed by atoms with E-state index >= 15 is 0 Å². The number of hydrogen-bond acceptors (Lipinski definition) is 1. The highest BCUT2D eigenvalue weighted by molar-refractivity contribution is 9.10. The molecule has 1 N–H and O–H groups in total. The Morgan fingerprint density at radius 2 is 1.67 bits per heavy atom. The molecule has 1 nitrogen and oxygen atoms in total. The second kappa shape index (κ2) is 6.24. The summed E-state index contributed by atoms with van der Waals surface area (Å²) in [5.41, 5.74) is 0.996. The molecule has 4 heteroatoms. The van der Waals surface area contributed by atoms with E-state index in [-0.39, 0.29) is 10.5 Å². The quantitative estimate of drug-likeness (QED) is 0.765. The summed E-state index contributed by atoms with van der Waals surface area (Å²) in [4.78, 5) is 0. The van der Waals surface area contributed by atoms with Crippen molar-refractivity contribution in [3.8, 4) is 0 Å². The van der Waals surface area contributed by atoms with E-state index in [4.69, 9.17) is 0 Å². The first-order chi connectivity index (χ1) is 9.87. The van der Waals surface area contributed by atoms with Crippen LogP contribution in [0.4, 0.5) is 8.78 Å². The van der Waals surface area contributed by atoms with E-state index in [0.717, 1.165) is 5.56 Å². The summed E-state index contributed by atoms with van der Waals surface area (Å²) in [6, 6.07) is 11.9. The third kappa shape index (κ3) is 3.16. The van der Waals surface area contributed by atoms with Gasteiger partial charge in [-0.15, -0.1) is 0 Å². The van der Waals surface area contributed by atoms with Gasteiger partial charge < -0.3 is 5.32 Å². The van der Waals surface area contributed by atoms with Crippen molar-refractivity contribution in [3.63, 3.8) is 0 Å². The van der Waals surface area contributed by atoms with Crippen LogP contribution in [-0.4, -0.2) is 7.05 Å². The molecule has 0 saturated carbocycles. The van der Waals surface area contributed by atoms with Gasteiger partial charge in [0.1, 0.15) is 11.6 Å². The Balaban J connectivity index is 2.51. The molecule has 0 aliphatic heterocycles. The van der Waals surface area contributed by atoms with Crippen molar-refractivity contribution < 1.29 is 8.78 Å². The van der Waals surface area contributed by atoms with Crippen LogP contribution < -0.4 is 5.32 Å². The molecule has 0 radical (unpaired) electrons. The maximum Gasteiger partial charge on any atom is 0.137 e. The SMILES string of the molecule is CNC(c1cc(F)c(Br)cc1F)C(C)(C)c1ccccc1. The molecule has 2 aromatic rings. The second-order valence-electron chi connectivity index (χ2n) is 5.60. The van der Waals surface area contributed by atoms with Crippen molar-refractivity contribution in [2.45, 2.75) is 25.3 Å². The highest BCUT2D eigenvalue weighted by Crippen LogP contribution is 2.38. The van der Waals surface area contributed by atoms with Crippen LogP contribution in [-0.2, 0) is 5.41 Å². The first-order valence-electron chi connectivity index (χ1n) is 6.75. The molecule has 0 fully saturated rings. The molecule has 21 heavy (non-hydrogen) atoms. The molecule has 2 aromatic carbocycles. The van der Waals surface area contributed by atoms with Crippen molar-refractivity contribution in [2.24, 2.45) is 0 Å². The van der Waals surface area contributed by atoms with Gasteiger partial charge in [0, 0.05) is 17.0 Å². The van der Waals surface area contributed by atoms with Crippen LogP contribution in [0.15, 0.2) is 46.9 Å². The molecular weight excluding hydrogens is 336 g/mol. The topological polar surface area (TPSA) is 12.0 Å². The Bertz CT molecular complexity index is 626. The Hall–Kier alpha value is -1.26. The molecular formula is C17H18BrF2N. The second-order valence-corrected chi connectivity index (χ2v) is 6.45. The van der Waals surface area contributed by atoms with E-state index in [1.807, 2.05) is 44.2 Å². The van der Waals surface area contributed by atoms with Crippen molar-refractivity contribution in [3.05, 3.63) is 69.7 Å². The zero-order valence-corrected chi connectivity index (χ0v) is 13.8. The van der Waals surface area contributed by atoms with E-state index in [1.165, 1.54) is 12.1 Å². The van der Waals surface area contributed by atoms with Gasteiger partial charge in [-0.3, -0.25) is 0 Å². The molecule has 2 rings (SSSR count). The summed E-state index contributed by atoms with van der Waals surface area (Å²) in [5.74, 6) is -0.887. The smallest absolute Gasteiger partial charge is 0.137 e. The predicted octanol–water partition coefficient (Wildman–Crippen LogP) is 4.97. The van der Waals surface area contributed by atoms with Crippen molar-refractivity contribution in [1.82, 2.24) is 5.32 Å². The van der Waals surface area contributed by atoms with Crippen molar-refractivity contribution >= 4 is 15.9 Å². The summed E-state index contributed by atoms with van der Waals surface area (Å²) in [7, 11) is 1.76. The number of hydrogen-bond donors (Lipinski definition) is 1. The molecule has 0 amide bonds. The van der Waals surface area contributed by atoms with E-state index in [2.05, 4.69) is 21.2 Å². The predicted molar refractivity (Wildman–Crippen MR) is 85.3 cm³/mol. The van der Waals surface area contributed by atoms with E-state index < -0.39 is 17.0 Å². The monoisotopic (exact) mass is 353 g/mol. The summed E-state index contributed by atoms with van der Waals surface area (Å²) in [6.07, 6.45) is 0. The van der Waals surface area contributed by atoms with Crippen LogP contribution in [0.1, 0.15) is 31.0 Å². The van der Waals surface area contributed by atoms with E-state index in [1.54, 1.807) is 7.05 Å². The van der Waals surface area contributed by atoms with Crippen LogP contribution >= 0.6 is 15.9 Å². The maximum absolute atomic E-state index is 14.3. The van der Waals surface area contributed by atoms with Gasteiger partial charge >= 0.3 is 0 Å². The average Bonchev–Trinajstić information content (AvgIpc) is 2.46. The molecule has 0 heterocycles. The Morgan fingerprint density at radius 3 is 2.24 bits per heavy atom. The first kappa shape index (κ1) is 16.1. The number of benzene rings is 2. The molecule has 0 saturated heterocycles. The molecule has 1 unspecified atom stereocenters. The molecule has 0 aliphatic rings. The lowest BCUT2D eigenvalue weighted by Crippen LogP contribution is -2.36. The molecule has 1 atom stereocenters. The molecule has 0 bridgehead atoms. The zero-order valence-electron chi connectivity index (χ0n) is 12.3. The van der Waals surface area contributed by atoms with E-state index in [0.29, 0.717) is 5.56 Å². The fourth-order valence-electron chi connectivity index (χ4n) is 2.70. The standard InChI is InChI=1S/C17H18BrF2N/c1-17(2,11-7-5-4-6-8-11)16(21-3)12-9-15(20)13(18)10-14(12)19/h4-10,16,21H,1-3H3. The highest BCUT2D eigenvalue weighted by Gasteiger charge is 2.33. The first-order valence-corrected chi connectivity index (χ1v) is 7.54. The molecule has 0 aliphatic carbocycles. The van der Waals surface area contributed by atoms with Crippen molar-refractivity contribution in [2.75, 3.05) is 7.05 Å². The van der Waals surface area contributed by atoms with Crippen LogP contribution in [0, 0.1) is 11.6 Å². The van der Waals surface area contributed by atoms with Crippen LogP contribution in [0.5, 0.6) is 0 Å². The number of halogens is 3. The fourth-order valence-corrected chi connectivity index (χ4v) is 3.01. The minimum atomic E-state index is -0.462. The fraction of sp³-hybridized carbons (Fsp3) is 0.294. The summed E-state index contributed by atoms with van der Waals surface area (Å²) < 4.78 is 28.2. The van der Waals surface area contributed by atoms with Gasteiger partial charge in [-0.1, -0.05) is 44.2 Å². The van der Waals surface area contributed by atoms with Crippen LogP contribution in [0.3, 0.4) is 0 Å². The van der Waals surface area contributed by atoms with Gasteiger partial charge in [0.2, 0.25) is 0 Å². The minimum Gasteiger partial charge on any atom is -0.312 e. The van der Waals surface area contributed by atoms with Gasteiger partial charge in [0.05, 0.1) is 4.47 Å². The minimum absolute atomic E-state index is 0.135. The number of nitrogens with one attached hydrogen (secondary N) is 1. The van der Waals surface area contributed by atoms with Crippen LogP contribution in [0.25, 0.3) is 0 Å². The largest absolute Gasteiger partial charge is 0.312 e. The molecule has 0 aromatic heterocycles.